The lowest BCUT2D eigenvalue weighted by molar-refractivity contribution is 0.483. The minimum Gasteiger partial charge on any atom is -0.457 e. The summed E-state index contributed by atoms with van der Waals surface area (Å²) >= 11 is 0. The Balaban J connectivity index is 1.04. The molecule has 260 valence electrons. The van der Waals surface area contributed by atoms with Crippen LogP contribution in [0.4, 0.5) is 22.7 Å². The molecule has 9 rings (SSSR count). The Morgan fingerprint density at radius 3 is 1.81 bits per heavy atom. The van der Waals surface area contributed by atoms with Gasteiger partial charge >= 0.3 is 0 Å². The minimum atomic E-state index is 0.734. The molecule has 0 atom stereocenters. The van der Waals surface area contributed by atoms with Crippen LogP contribution in [0.2, 0.25) is 0 Å². The highest BCUT2D eigenvalue weighted by Gasteiger charge is 2.16. The van der Waals surface area contributed by atoms with Gasteiger partial charge in [0.15, 0.2) is 0 Å². The minimum absolute atomic E-state index is 0.734. The largest absolute Gasteiger partial charge is 0.457 e. The van der Waals surface area contributed by atoms with Gasteiger partial charge in [0.05, 0.1) is 28.1 Å². The van der Waals surface area contributed by atoms with Crippen LogP contribution in [-0.2, 0) is 0 Å². The highest BCUT2D eigenvalue weighted by molar-refractivity contribution is 6.09. The molecule has 0 amide bonds. The fourth-order valence-electron chi connectivity index (χ4n) is 7.16. The van der Waals surface area contributed by atoms with Gasteiger partial charge in [0.2, 0.25) is 0 Å². The summed E-state index contributed by atoms with van der Waals surface area (Å²) in [5.74, 6) is 2.38. The molecule has 2 N–H and O–H groups in total. The molecule has 0 aliphatic carbocycles. The molecule has 0 aliphatic rings. The molecule has 54 heavy (non-hydrogen) atoms. The highest BCUT2D eigenvalue weighted by Crippen LogP contribution is 2.41. The summed E-state index contributed by atoms with van der Waals surface area (Å²) in [7, 11) is 0. The van der Waals surface area contributed by atoms with Gasteiger partial charge in [-0.3, -0.25) is 4.57 Å². The van der Waals surface area contributed by atoms with E-state index in [0.29, 0.717) is 0 Å². The van der Waals surface area contributed by atoms with Gasteiger partial charge in [-0.1, -0.05) is 115 Å². The smallest absolute Gasteiger partial charge is 0.137 e. The zero-order valence-electron chi connectivity index (χ0n) is 30.1. The van der Waals surface area contributed by atoms with Gasteiger partial charge in [-0.15, -0.1) is 0 Å². The molecule has 0 aliphatic heterocycles. The van der Waals surface area contributed by atoms with Crippen molar-refractivity contribution in [3.63, 3.8) is 0 Å². The number of benzene rings is 7. The molecule has 0 saturated carbocycles. The van der Waals surface area contributed by atoms with E-state index in [0.717, 1.165) is 78.7 Å². The standard InChI is InChI=1S/C49H38N4O/c1-33-29-48(50-32-34(33)2)53-46-26-12-9-21-42(46)43-28-27-39(31-47(43)53)54-38-20-13-19-37(30-38)51-44-24-10-11-25-45(44)52-49-40(35-15-5-3-6-16-35)22-14-23-41(49)36-17-7-4-8-18-36/h3-32,51-52H,1-2H3. The highest BCUT2D eigenvalue weighted by atomic mass is 16.5. The maximum atomic E-state index is 6.56. The first-order valence-corrected chi connectivity index (χ1v) is 18.2. The molecular formula is C49H38N4O. The Hall–Kier alpha value is -7.11. The van der Waals surface area contributed by atoms with Gasteiger partial charge in [-0.05, 0) is 84.6 Å². The van der Waals surface area contributed by atoms with Crippen LogP contribution in [0.3, 0.4) is 0 Å². The summed E-state index contributed by atoms with van der Waals surface area (Å²) in [6.45, 7) is 4.22. The molecule has 0 bridgehead atoms. The maximum absolute atomic E-state index is 6.56. The molecule has 5 nitrogen and oxygen atoms in total. The monoisotopic (exact) mass is 698 g/mol. The van der Waals surface area contributed by atoms with Crippen LogP contribution < -0.4 is 15.4 Å². The van der Waals surface area contributed by atoms with Crippen molar-refractivity contribution in [3.8, 4) is 39.6 Å². The van der Waals surface area contributed by atoms with E-state index in [9.17, 15) is 0 Å². The number of anilines is 4. The number of fused-ring (bicyclic) bond motifs is 3. The van der Waals surface area contributed by atoms with Crippen molar-refractivity contribution in [3.05, 3.63) is 193 Å². The number of rotatable bonds is 9. The number of nitrogens with zero attached hydrogens (tertiary/aromatic N) is 2. The SMILES string of the molecule is Cc1cnc(-n2c3ccccc3c3ccc(Oc4cccc(Nc5ccccc5Nc5c(-c6ccccc6)cccc5-c5ccccc5)c4)cc32)cc1C. The number of pyridine rings is 1. The van der Waals surface area contributed by atoms with Gasteiger partial charge in [-0.2, -0.15) is 0 Å². The van der Waals surface area contributed by atoms with Gasteiger partial charge in [-0.25, -0.2) is 4.98 Å². The van der Waals surface area contributed by atoms with Crippen molar-refractivity contribution in [1.29, 1.82) is 0 Å². The number of hydrogen-bond acceptors (Lipinski definition) is 4. The van der Waals surface area contributed by atoms with Crippen LogP contribution in [0.25, 0.3) is 49.9 Å². The van der Waals surface area contributed by atoms with Crippen LogP contribution in [0.1, 0.15) is 11.1 Å². The second-order valence-electron chi connectivity index (χ2n) is 13.5. The molecule has 9 aromatic rings. The summed E-state index contributed by atoms with van der Waals surface area (Å²) in [6.07, 6.45) is 1.95. The van der Waals surface area contributed by atoms with E-state index in [1.165, 1.54) is 16.5 Å². The number of ether oxygens (including phenoxy) is 1. The summed E-state index contributed by atoms with van der Waals surface area (Å²) in [5, 5.41) is 9.84. The summed E-state index contributed by atoms with van der Waals surface area (Å²) in [5.41, 5.74) is 13.0. The zero-order chi connectivity index (χ0) is 36.4. The van der Waals surface area contributed by atoms with Crippen LogP contribution in [0, 0.1) is 13.8 Å². The molecule has 2 aromatic heterocycles. The molecular weight excluding hydrogens is 661 g/mol. The van der Waals surface area contributed by atoms with E-state index < -0.39 is 0 Å². The van der Waals surface area contributed by atoms with Crippen LogP contribution >= 0.6 is 0 Å². The molecule has 0 radical (unpaired) electrons. The first-order valence-electron chi connectivity index (χ1n) is 18.2. The van der Waals surface area contributed by atoms with Crippen molar-refractivity contribution in [2.45, 2.75) is 13.8 Å². The molecule has 2 heterocycles. The summed E-state index contributed by atoms with van der Waals surface area (Å²) < 4.78 is 8.79. The number of para-hydroxylation sites is 4. The molecule has 0 unspecified atom stereocenters. The van der Waals surface area contributed by atoms with Gasteiger partial charge in [0.1, 0.15) is 17.3 Å². The quantitative estimate of drug-likeness (QED) is 0.158. The average Bonchev–Trinajstić information content (AvgIpc) is 3.54. The average molecular weight is 699 g/mol. The van der Waals surface area contributed by atoms with Gasteiger partial charge < -0.3 is 15.4 Å². The molecule has 7 aromatic carbocycles. The van der Waals surface area contributed by atoms with Gasteiger partial charge in [0.25, 0.3) is 0 Å². The number of aromatic nitrogens is 2. The third kappa shape index (κ3) is 6.33. The topological polar surface area (TPSA) is 51.1 Å². The van der Waals surface area contributed by atoms with E-state index in [1.807, 2.05) is 36.5 Å². The van der Waals surface area contributed by atoms with Crippen molar-refractivity contribution in [1.82, 2.24) is 9.55 Å². The van der Waals surface area contributed by atoms with E-state index in [-0.39, 0.29) is 0 Å². The molecule has 0 fully saturated rings. The van der Waals surface area contributed by atoms with Crippen molar-refractivity contribution in [2.24, 2.45) is 0 Å². The van der Waals surface area contributed by atoms with E-state index in [4.69, 9.17) is 9.72 Å². The second-order valence-corrected chi connectivity index (χ2v) is 13.5. The summed E-state index contributed by atoms with van der Waals surface area (Å²) in [4.78, 5) is 4.83. The van der Waals surface area contributed by atoms with Crippen LogP contribution in [0.5, 0.6) is 11.5 Å². The number of hydrogen-bond donors (Lipinski definition) is 2. The lowest BCUT2D eigenvalue weighted by atomic mass is 9.95. The third-order valence-electron chi connectivity index (χ3n) is 10.0. The zero-order valence-corrected chi connectivity index (χ0v) is 30.1. The van der Waals surface area contributed by atoms with Crippen molar-refractivity contribution >= 4 is 44.6 Å². The fourth-order valence-corrected chi connectivity index (χ4v) is 7.16. The second kappa shape index (κ2) is 14.1. The lowest BCUT2D eigenvalue weighted by Gasteiger charge is -2.20. The predicted octanol–water partition coefficient (Wildman–Crippen LogP) is 13.4. The molecule has 5 heteroatoms. The predicted molar refractivity (Wildman–Crippen MR) is 225 cm³/mol. The lowest BCUT2D eigenvalue weighted by Crippen LogP contribution is -2.01. The Labute approximate surface area is 315 Å². The van der Waals surface area contributed by atoms with Crippen molar-refractivity contribution < 1.29 is 4.74 Å². The van der Waals surface area contributed by atoms with E-state index in [1.54, 1.807) is 0 Å². The van der Waals surface area contributed by atoms with E-state index in [2.05, 4.69) is 175 Å². The van der Waals surface area contributed by atoms with Crippen LogP contribution in [0.15, 0.2) is 182 Å². The number of aryl methyl sites for hydroxylation is 2. The van der Waals surface area contributed by atoms with Crippen molar-refractivity contribution in [2.75, 3.05) is 10.6 Å². The Morgan fingerprint density at radius 1 is 0.481 bits per heavy atom. The number of nitrogens with one attached hydrogen (secondary N) is 2. The Morgan fingerprint density at radius 2 is 1.09 bits per heavy atom. The first kappa shape index (κ1) is 32.8. The molecule has 0 saturated heterocycles. The fraction of sp³-hybridized carbons (Fsp3) is 0.0408. The van der Waals surface area contributed by atoms with Gasteiger partial charge in [0, 0.05) is 45.9 Å². The normalized spacial score (nSPS) is 11.1. The molecule has 0 spiro atoms. The first-order chi connectivity index (χ1) is 26.6. The summed E-state index contributed by atoms with van der Waals surface area (Å²) in [6, 6.07) is 60.9. The Bertz CT molecular complexity index is 2710. The third-order valence-corrected chi connectivity index (χ3v) is 10.0. The van der Waals surface area contributed by atoms with E-state index >= 15 is 0 Å². The van der Waals surface area contributed by atoms with Crippen LogP contribution in [-0.4, -0.2) is 9.55 Å². The Kier molecular flexibility index (Phi) is 8.58. The maximum Gasteiger partial charge on any atom is 0.137 e.